The molecule has 2 amide bonds. The number of aromatic nitrogens is 5. The average Bonchev–Trinajstić information content (AvgIpc) is 3.44. The second kappa shape index (κ2) is 7.60. The molecular weight excluding hydrogens is 406 g/mol. The topological polar surface area (TPSA) is 113 Å². The van der Waals surface area contributed by atoms with E-state index in [1.165, 1.54) is 0 Å². The Hall–Kier alpha value is -3.72. The van der Waals surface area contributed by atoms with Gasteiger partial charge in [0, 0.05) is 35.1 Å². The summed E-state index contributed by atoms with van der Waals surface area (Å²) >= 11 is 5.93. The van der Waals surface area contributed by atoms with Crippen LogP contribution in [-0.2, 0) is 13.0 Å². The first-order valence-electron chi connectivity index (χ1n) is 9.25. The Morgan fingerprint density at radius 3 is 2.80 bits per heavy atom. The van der Waals surface area contributed by atoms with Crippen molar-refractivity contribution >= 4 is 23.3 Å². The van der Waals surface area contributed by atoms with E-state index in [1.807, 2.05) is 0 Å². The van der Waals surface area contributed by atoms with Crippen molar-refractivity contribution in [1.82, 2.24) is 30.0 Å². The molecule has 1 aliphatic rings. The van der Waals surface area contributed by atoms with Gasteiger partial charge < -0.3 is 19.7 Å². The molecule has 0 bridgehead atoms. The lowest BCUT2D eigenvalue weighted by molar-refractivity contribution is 0.155. The zero-order valence-corrected chi connectivity index (χ0v) is 16.4. The highest BCUT2D eigenvalue weighted by molar-refractivity contribution is 6.30. The molecule has 30 heavy (non-hydrogen) atoms. The molecule has 0 saturated heterocycles. The summed E-state index contributed by atoms with van der Waals surface area (Å²) < 4.78 is 5.54. The number of halogens is 1. The number of hydrogen-bond donors (Lipinski definition) is 2. The fourth-order valence-corrected chi connectivity index (χ4v) is 3.51. The van der Waals surface area contributed by atoms with Gasteiger partial charge >= 0.3 is 6.03 Å². The highest BCUT2D eigenvalue weighted by Gasteiger charge is 2.36. The molecule has 1 aliphatic heterocycles. The first kappa shape index (κ1) is 18.3. The molecule has 5 rings (SSSR count). The van der Waals surface area contributed by atoms with Crippen molar-refractivity contribution in [3.05, 3.63) is 77.4 Å². The van der Waals surface area contributed by atoms with Crippen LogP contribution in [0.3, 0.4) is 0 Å². The summed E-state index contributed by atoms with van der Waals surface area (Å²) in [7, 11) is 0. The molecule has 1 aromatic carbocycles. The predicted octanol–water partition coefficient (Wildman–Crippen LogP) is 3.84. The maximum absolute atomic E-state index is 13.1. The fourth-order valence-electron chi connectivity index (χ4n) is 3.39. The van der Waals surface area contributed by atoms with Gasteiger partial charge in [0.15, 0.2) is 0 Å². The van der Waals surface area contributed by atoms with Crippen LogP contribution in [0.15, 0.2) is 59.6 Å². The maximum atomic E-state index is 13.1. The summed E-state index contributed by atoms with van der Waals surface area (Å²) in [5.74, 6) is 0.792. The van der Waals surface area contributed by atoms with Crippen LogP contribution in [0.4, 0.5) is 10.5 Å². The van der Waals surface area contributed by atoms with E-state index in [2.05, 4.69) is 30.4 Å². The van der Waals surface area contributed by atoms with Crippen LogP contribution in [0, 0.1) is 0 Å². The van der Waals surface area contributed by atoms with Gasteiger partial charge in [-0.3, -0.25) is 4.98 Å². The van der Waals surface area contributed by atoms with Gasteiger partial charge in [0.05, 0.1) is 24.3 Å². The zero-order chi connectivity index (χ0) is 20.5. The summed E-state index contributed by atoms with van der Waals surface area (Å²) in [6, 6.07) is 9.79. The number of pyridine rings is 1. The maximum Gasteiger partial charge on any atom is 0.322 e. The van der Waals surface area contributed by atoms with Gasteiger partial charge in [-0.1, -0.05) is 16.8 Å². The number of carbonyl (C=O) groups excluding carboxylic acids is 1. The molecule has 0 saturated carbocycles. The summed E-state index contributed by atoms with van der Waals surface area (Å²) in [4.78, 5) is 30.7. The Bertz CT molecular complexity index is 1170. The highest BCUT2D eigenvalue weighted by Crippen LogP contribution is 2.32. The SMILES string of the molecule is O=C(Nc1ccc(Cl)cc1)N1Cc2[nH]cnc2C[C@H]1c1nc(-c2ccncc2)no1. The number of aromatic amines is 1. The largest absolute Gasteiger partial charge is 0.347 e. The smallest absolute Gasteiger partial charge is 0.322 e. The summed E-state index contributed by atoms with van der Waals surface area (Å²) in [6.07, 6.45) is 5.41. The first-order valence-corrected chi connectivity index (χ1v) is 9.63. The number of fused-ring (bicyclic) bond motifs is 1. The van der Waals surface area contributed by atoms with Crippen molar-refractivity contribution in [2.75, 3.05) is 5.32 Å². The number of amides is 2. The van der Waals surface area contributed by atoms with Crippen molar-refractivity contribution in [2.45, 2.75) is 19.0 Å². The lowest BCUT2D eigenvalue weighted by Gasteiger charge is -2.32. The van der Waals surface area contributed by atoms with E-state index in [9.17, 15) is 4.79 Å². The minimum Gasteiger partial charge on any atom is -0.347 e. The minimum atomic E-state index is -0.448. The molecule has 0 spiro atoms. The highest BCUT2D eigenvalue weighted by atomic mass is 35.5. The molecule has 0 aliphatic carbocycles. The Labute approximate surface area is 176 Å². The van der Waals surface area contributed by atoms with Crippen LogP contribution in [0.1, 0.15) is 23.3 Å². The molecule has 4 heterocycles. The van der Waals surface area contributed by atoms with Gasteiger partial charge in [0.2, 0.25) is 11.7 Å². The van der Waals surface area contributed by atoms with Crippen LogP contribution in [0.25, 0.3) is 11.4 Å². The molecule has 0 fully saturated rings. The molecule has 9 nitrogen and oxygen atoms in total. The van der Waals surface area contributed by atoms with Crippen LogP contribution < -0.4 is 5.32 Å². The van der Waals surface area contributed by atoms with Gasteiger partial charge in [-0.05, 0) is 36.4 Å². The number of carbonyl (C=O) groups is 1. The number of urea groups is 1. The molecule has 2 N–H and O–H groups in total. The predicted molar refractivity (Wildman–Crippen MR) is 109 cm³/mol. The van der Waals surface area contributed by atoms with Crippen molar-refractivity contribution in [2.24, 2.45) is 0 Å². The Balaban J connectivity index is 1.45. The molecule has 10 heteroatoms. The van der Waals surface area contributed by atoms with E-state index in [0.29, 0.717) is 35.4 Å². The van der Waals surface area contributed by atoms with Gasteiger partial charge in [-0.15, -0.1) is 0 Å². The standard InChI is InChI=1S/C20H16ClN7O2/c21-13-1-3-14(4-2-13)25-20(29)28-10-16-15(23-11-24-16)9-17(28)19-26-18(27-30-19)12-5-7-22-8-6-12/h1-8,11,17H,9-10H2,(H,23,24)(H,25,29)/t17-/m0/s1. The number of imidazole rings is 1. The van der Waals surface area contributed by atoms with E-state index in [-0.39, 0.29) is 6.03 Å². The lowest BCUT2D eigenvalue weighted by atomic mass is 10.0. The number of nitrogens with zero attached hydrogens (tertiary/aromatic N) is 5. The zero-order valence-electron chi connectivity index (χ0n) is 15.6. The Morgan fingerprint density at radius 1 is 1.20 bits per heavy atom. The quantitative estimate of drug-likeness (QED) is 0.519. The summed E-state index contributed by atoms with van der Waals surface area (Å²) in [5.41, 5.74) is 3.18. The molecule has 3 aromatic heterocycles. The number of H-pyrrole nitrogens is 1. The van der Waals surface area contributed by atoms with Gasteiger partial charge in [-0.2, -0.15) is 4.98 Å². The Morgan fingerprint density at radius 2 is 2.00 bits per heavy atom. The lowest BCUT2D eigenvalue weighted by Crippen LogP contribution is -2.41. The molecule has 4 aromatic rings. The number of benzene rings is 1. The van der Waals surface area contributed by atoms with E-state index >= 15 is 0 Å². The van der Waals surface area contributed by atoms with Crippen LogP contribution >= 0.6 is 11.6 Å². The number of anilines is 1. The number of nitrogens with one attached hydrogen (secondary N) is 2. The van der Waals surface area contributed by atoms with Crippen LogP contribution in [-0.4, -0.2) is 36.0 Å². The van der Waals surface area contributed by atoms with Crippen molar-refractivity contribution in [1.29, 1.82) is 0 Å². The van der Waals surface area contributed by atoms with E-state index in [0.717, 1.165) is 17.0 Å². The second-order valence-corrected chi connectivity index (χ2v) is 7.24. The van der Waals surface area contributed by atoms with E-state index < -0.39 is 6.04 Å². The number of rotatable bonds is 3. The molecule has 0 unspecified atom stereocenters. The van der Waals surface area contributed by atoms with Crippen molar-refractivity contribution in [3.63, 3.8) is 0 Å². The first-order chi connectivity index (χ1) is 14.7. The normalized spacial score (nSPS) is 15.6. The Kier molecular flexibility index (Phi) is 4.64. The third kappa shape index (κ3) is 3.50. The molecule has 1 atom stereocenters. The van der Waals surface area contributed by atoms with Crippen molar-refractivity contribution < 1.29 is 9.32 Å². The van der Waals surface area contributed by atoms with Gasteiger partial charge in [0.25, 0.3) is 0 Å². The van der Waals surface area contributed by atoms with Crippen LogP contribution in [0.5, 0.6) is 0 Å². The van der Waals surface area contributed by atoms with Gasteiger partial charge in [0.1, 0.15) is 6.04 Å². The molecular formula is C20H16ClN7O2. The van der Waals surface area contributed by atoms with Crippen molar-refractivity contribution in [3.8, 4) is 11.4 Å². The summed E-state index contributed by atoms with van der Waals surface area (Å²) in [6.45, 7) is 0.340. The monoisotopic (exact) mass is 421 g/mol. The molecule has 0 radical (unpaired) electrons. The van der Waals surface area contributed by atoms with Crippen LogP contribution in [0.2, 0.25) is 5.02 Å². The average molecular weight is 422 g/mol. The third-order valence-electron chi connectivity index (χ3n) is 4.92. The third-order valence-corrected chi connectivity index (χ3v) is 5.17. The van der Waals surface area contributed by atoms with Gasteiger partial charge in [-0.25, -0.2) is 9.78 Å². The van der Waals surface area contributed by atoms with E-state index in [4.69, 9.17) is 16.1 Å². The second-order valence-electron chi connectivity index (χ2n) is 6.80. The van der Waals surface area contributed by atoms with E-state index in [1.54, 1.807) is 60.0 Å². The minimum absolute atomic E-state index is 0.286. The molecule has 150 valence electrons. The number of hydrogen-bond acceptors (Lipinski definition) is 6. The fraction of sp³-hybridized carbons (Fsp3) is 0.150. The summed E-state index contributed by atoms with van der Waals surface area (Å²) in [5, 5.41) is 7.57.